The van der Waals surface area contributed by atoms with Gasteiger partial charge in [-0.15, -0.1) is 0 Å². The van der Waals surface area contributed by atoms with E-state index in [4.69, 9.17) is 10.8 Å². The number of carbonyl (C=O) groups is 1. The highest BCUT2D eigenvalue weighted by Gasteiger charge is 2.48. The normalized spacial score (nSPS) is 40.1. The monoisotopic (exact) mass is 229 g/mol. The molecule has 3 nitrogen and oxygen atoms in total. The number of rotatable bonds is 3. The van der Waals surface area contributed by atoms with E-state index in [2.05, 4.69) is 0 Å². The average Bonchev–Trinajstić information content (AvgIpc) is 2.74. The van der Waals surface area contributed by atoms with Gasteiger partial charge in [-0.3, -0.25) is 4.79 Å². The van der Waals surface area contributed by atoms with Gasteiger partial charge in [-0.05, 0) is 43.4 Å². The number of hydrogen-bond donors (Lipinski definition) is 2. The lowest BCUT2D eigenvalue weighted by molar-refractivity contribution is -0.137. The van der Waals surface area contributed by atoms with Crippen molar-refractivity contribution in [2.24, 2.45) is 17.6 Å². The van der Waals surface area contributed by atoms with E-state index in [1.807, 2.05) is 11.8 Å². The van der Waals surface area contributed by atoms with Crippen LogP contribution in [0.1, 0.15) is 32.1 Å². The number of carboxylic acid groups (broad SMARTS) is 1. The third kappa shape index (κ3) is 2.16. The minimum Gasteiger partial charge on any atom is -0.481 e. The maximum atomic E-state index is 10.7. The van der Waals surface area contributed by atoms with Gasteiger partial charge in [-0.1, -0.05) is 6.42 Å². The van der Waals surface area contributed by atoms with Crippen LogP contribution >= 0.6 is 11.8 Å². The summed E-state index contributed by atoms with van der Waals surface area (Å²) in [5.41, 5.74) is 5.81. The smallest absolute Gasteiger partial charge is 0.303 e. The number of carboxylic acids is 1. The zero-order valence-electron chi connectivity index (χ0n) is 8.95. The van der Waals surface area contributed by atoms with Crippen molar-refractivity contribution in [3.8, 4) is 0 Å². The van der Waals surface area contributed by atoms with Crippen LogP contribution < -0.4 is 5.73 Å². The first-order chi connectivity index (χ1) is 7.16. The van der Waals surface area contributed by atoms with E-state index in [1.165, 1.54) is 19.3 Å². The van der Waals surface area contributed by atoms with E-state index in [0.29, 0.717) is 23.0 Å². The van der Waals surface area contributed by atoms with E-state index in [0.717, 1.165) is 18.7 Å². The summed E-state index contributed by atoms with van der Waals surface area (Å²) in [4.78, 5) is 10.7. The summed E-state index contributed by atoms with van der Waals surface area (Å²) >= 11 is 1.99. The van der Waals surface area contributed by atoms with Gasteiger partial charge in [0.15, 0.2) is 0 Å². The zero-order chi connectivity index (χ0) is 10.9. The summed E-state index contributed by atoms with van der Waals surface area (Å²) in [6, 6.07) is 0. The average molecular weight is 229 g/mol. The summed E-state index contributed by atoms with van der Waals surface area (Å²) in [6.45, 7) is 0.771. The lowest BCUT2D eigenvalue weighted by Crippen LogP contribution is -2.32. The highest BCUT2D eigenvalue weighted by Crippen LogP contribution is 2.55. The molecule has 1 saturated heterocycles. The molecule has 3 atom stereocenters. The Morgan fingerprint density at radius 2 is 2.40 bits per heavy atom. The van der Waals surface area contributed by atoms with Crippen LogP contribution in [0.25, 0.3) is 0 Å². The predicted molar refractivity (Wildman–Crippen MR) is 61.9 cm³/mol. The van der Waals surface area contributed by atoms with Crippen LogP contribution in [0.5, 0.6) is 0 Å². The van der Waals surface area contributed by atoms with E-state index < -0.39 is 5.97 Å². The Morgan fingerprint density at radius 3 is 3.07 bits per heavy atom. The molecule has 1 saturated carbocycles. The van der Waals surface area contributed by atoms with Crippen LogP contribution in [0.2, 0.25) is 0 Å². The van der Waals surface area contributed by atoms with Crippen LogP contribution in [0.3, 0.4) is 0 Å². The van der Waals surface area contributed by atoms with Gasteiger partial charge >= 0.3 is 5.97 Å². The molecule has 0 bridgehead atoms. The van der Waals surface area contributed by atoms with E-state index in [1.54, 1.807) is 0 Å². The van der Waals surface area contributed by atoms with Crippen LogP contribution in [0.15, 0.2) is 0 Å². The van der Waals surface area contributed by atoms with Crippen molar-refractivity contribution in [3.05, 3.63) is 0 Å². The van der Waals surface area contributed by atoms with Crippen LogP contribution in [0.4, 0.5) is 0 Å². The molecule has 0 aromatic rings. The quantitative estimate of drug-likeness (QED) is 0.773. The van der Waals surface area contributed by atoms with Crippen molar-refractivity contribution < 1.29 is 9.90 Å². The second-order valence-corrected chi connectivity index (χ2v) is 6.30. The summed E-state index contributed by atoms with van der Waals surface area (Å²) in [5.74, 6) is 1.36. The largest absolute Gasteiger partial charge is 0.481 e. The molecule has 3 N–H and O–H groups in total. The Hall–Kier alpha value is -0.220. The van der Waals surface area contributed by atoms with Crippen LogP contribution in [0, 0.1) is 11.8 Å². The molecule has 0 aromatic heterocycles. The molecular weight excluding hydrogens is 210 g/mol. The van der Waals surface area contributed by atoms with E-state index in [9.17, 15) is 4.79 Å². The number of thioether (sulfide) groups is 1. The van der Waals surface area contributed by atoms with Gasteiger partial charge in [0.25, 0.3) is 0 Å². The third-order valence-electron chi connectivity index (χ3n) is 3.89. The van der Waals surface area contributed by atoms with Crippen molar-refractivity contribution in [2.45, 2.75) is 36.9 Å². The highest BCUT2D eigenvalue weighted by atomic mass is 32.2. The van der Waals surface area contributed by atoms with Crippen molar-refractivity contribution in [3.63, 3.8) is 0 Å². The SMILES string of the molecule is NCC1CCCC12CC(CC(=O)O)CS2. The molecule has 4 heteroatoms. The van der Waals surface area contributed by atoms with Crippen LogP contribution in [-0.4, -0.2) is 28.1 Å². The Morgan fingerprint density at radius 1 is 1.60 bits per heavy atom. The summed E-state index contributed by atoms with van der Waals surface area (Å²) in [5, 5.41) is 8.79. The second-order valence-electron chi connectivity index (χ2n) is 4.87. The van der Waals surface area contributed by atoms with Crippen molar-refractivity contribution >= 4 is 17.7 Å². The van der Waals surface area contributed by atoms with Gasteiger partial charge in [0, 0.05) is 11.2 Å². The predicted octanol–water partition coefficient (Wildman–Crippen LogP) is 1.71. The second kappa shape index (κ2) is 4.34. The van der Waals surface area contributed by atoms with Gasteiger partial charge in [-0.25, -0.2) is 0 Å². The summed E-state index contributed by atoms with van der Waals surface area (Å²) < 4.78 is 0.342. The number of nitrogens with two attached hydrogens (primary N) is 1. The first-order valence-electron chi connectivity index (χ1n) is 5.72. The Labute approximate surface area is 94.8 Å². The molecule has 1 heterocycles. The molecule has 15 heavy (non-hydrogen) atoms. The molecule has 2 fully saturated rings. The van der Waals surface area contributed by atoms with E-state index in [-0.39, 0.29) is 0 Å². The Bertz CT molecular complexity index is 259. The van der Waals surface area contributed by atoms with Gasteiger partial charge in [0.2, 0.25) is 0 Å². The molecule has 0 amide bonds. The lowest BCUT2D eigenvalue weighted by atomic mass is 9.86. The van der Waals surface area contributed by atoms with Crippen molar-refractivity contribution in [1.82, 2.24) is 0 Å². The minimum atomic E-state index is -0.653. The molecule has 0 aromatic carbocycles. The maximum absolute atomic E-state index is 10.7. The molecular formula is C11H19NO2S. The molecule has 2 aliphatic rings. The molecule has 1 spiro atoms. The highest BCUT2D eigenvalue weighted by molar-refractivity contribution is 8.00. The fourth-order valence-corrected chi connectivity index (χ4v) is 5.07. The first kappa shape index (κ1) is 11.3. The first-order valence-corrected chi connectivity index (χ1v) is 6.70. The Balaban J connectivity index is 1.98. The summed E-state index contributed by atoms with van der Waals surface area (Å²) in [6.07, 6.45) is 5.17. The minimum absolute atomic E-state index is 0.339. The molecule has 1 aliphatic carbocycles. The van der Waals surface area contributed by atoms with Crippen molar-refractivity contribution in [2.75, 3.05) is 12.3 Å². The third-order valence-corrected chi connectivity index (χ3v) is 5.80. The van der Waals surface area contributed by atoms with Gasteiger partial charge in [0.1, 0.15) is 0 Å². The number of aliphatic carboxylic acids is 1. The van der Waals surface area contributed by atoms with Gasteiger partial charge < -0.3 is 10.8 Å². The van der Waals surface area contributed by atoms with Gasteiger partial charge in [-0.2, -0.15) is 11.8 Å². The molecule has 1 aliphatic heterocycles. The Kier molecular flexibility index (Phi) is 3.26. The standard InChI is InChI=1S/C11H19NO2S/c12-6-9-2-1-3-11(9)5-8(7-15-11)4-10(13)14/h8-9H,1-7,12H2,(H,13,14). The van der Waals surface area contributed by atoms with Gasteiger partial charge in [0.05, 0.1) is 0 Å². The molecule has 3 unspecified atom stereocenters. The molecule has 0 radical (unpaired) electrons. The molecule has 2 rings (SSSR count). The number of hydrogen-bond acceptors (Lipinski definition) is 3. The topological polar surface area (TPSA) is 63.3 Å². The van der Waals surface area contributed by atoms with Crippen LogP contribution in [-0.2, 0) is 4.79 Å². The van der Waals surface area contributed by atoms with E-state index >= 15 is 0 Å². The summed E-state index contributed by atoms with van der Waals surface area (Å²) in [7, 11) is 0. The zero-order valence-corrected chi connectivity index (χ0v) is 9.76. The molecule has 86 valence electrons. The lowest BCUT2D eigenvalue weighted by Gasteiger charge is -2.29. The maximum Gasteiger partial charge on any atom is 0.303 e. The fourth-order valence-electron chi connectivity index (χ4n) is 3.17. The fraction of sp³-hybridized carbons (Fsp3) is 0.909. The van der Waals surface area contributed by atoms with Crippen molar-refractivity contribution in [1.29, 1.82) is 0 Å².